The number of H-pyrrole nitrogens is 4. The first kappa shape index (κ1) is 18.0. The Kier molecular flexibility index (Phi) is 3.28. The van der Waals surface area contributed by atoms with Crippen molar-refractivity contribution in [1.82, 2.24) is 10.2 Å². The molecule has 2 aromatic heterocycles. The normalized spacial score (nSPS) is 11.9. The van der Waals surface area contributed by atoms with E-state index in [0.717, 1.165) is 0 Å². The van der Waals surface area contributed by atoms with Crippen LogP contribution in [0.1, 0.15) is 0 Å². The summed E-state index contributed by atoms with van der Waals surface area (Å²) in [4.78, 5) is 53.9. The van der Waals surface area contributed by atoms with Crippen LogP contribution in [-0.2, 0) is 0 Å². The van der Waals surface area contributed by atoms with E-state index in [1.54, 1.807) is 18.2 Å². The largest absolute Gasteiger partial charge is 0.527 e. The summed E-state index contributed by atoms with van der Waals surface area (Å²) in [6, 6.07) is 8.81. The second-order valence-electron chi connectivity index (χ2n) is 7.53. The zero-order chi connectivity index (χ0) is 22.3. The van der Waals surface area contributed by atoms with E-state index in [9.17, 15) is 29.4 Å². The van der Waals surface area contributed by atoms with Crippen LogP contribution in [-0.4, -0.2) is 20.4 Å². The molecule has 0 spiro atoms. The second-order valence-corrected chi connectivity index (χ2v) is 7.53. The zero-order valence-electron chi connectivity index (χ0n) is 16.0. The van der Waals surface area contributed by atoms with Crippen LogP contribution in [0.5, 0.6) is 11.5 Å². The number of fused-ring (bicyclic) bond motifs is 8. The molecular weight excluding hydrogens is 416 g/mol. The minimum atomic E-state index is -0.828. The van der Waals surface area contributed by atoms with Gasteiger partial charge in [-0.05, 0) is 29.7 Å². The topological polar surface area (TPSA) is 169 Å². The Morgan fingerprint density at radius 1 is 0.719 bits per heavy atom. The maximum Gasteiger partial charge on any atom is 0.527 e. The highest BCUT2D eigenvalue weighted by Crippen LogP contribution is 2.36. The Bertz CT molecular complexity index is 2050. The van der Waals surface area contributed by atoms with Crippen molar-refractivity contribution in [2.24, 2.45) is 0 Å². The molecule has 6 rings (SSSR count). The summed E-state index contributed by atoms with van der Waals surface area (Å²) in [6.45, 7) is 0. The van der Waals surface area contributed by atoms with Crippen LogP contribution in [0.3, 0.4) is 0 Å². The molecule has 0 amide bonds. The highest BCUT2D eigenvalue weighted by molar-refractivity contribution is 6.20. The molecule has 0 aliphatic carbocycles. The number of phenols is 2. The van der Waals surface area contributed by atoms with Crippen LogP contribution in [0, 0.1) is 0 Å². The van der Waals surface area contributed by atoms with E-state index in [0.29, 0.717) is 32.7 Å². The van der Waals surface area contributed by atoms with Crippen molar-refractivity contribution in [3.8, 4) is 11.5 Å². The Morgan fingerprint density at radius 3 is 2.28 bits per heavy atom. The Labute approximate surface area is 174 Å². The van der Waals surface area contributed by atoms with Crippen LogP contribution in [0.25, 0.3) is 54.4 Å². The lowest BCUT2D eigenvalue weighted by molar-refractivity contribution is -0.431. The molecule has 0 bridgehead atoms. The van der Waals surface area contributed by atoms with Crippen LogP contribution in [0.4, 0.5) is 0 Å². The van der Waals surface area contributed by atoms with Crippen molar-refractivity contribution >= 4 is 54.4 Å². The molecule has 0 aliphatic heterocycles. The first-order chi connectivity index (χ1) is 15.3. The summed E-state index contributed by atoms with van der Waals surface area (Å²) in [5, 5.41) is 28.3. The van der Waals surface area contributed by atoms with Gasteiger partial charge in [0.2, 0.25) is 10.9 Å². The maximum atomic E-state index is 13.3. The molecule has 32 heavy (non-hydrogen) atoms. The molecule has 0 saturated heterocycles. The minimum absolute atomic E-state index is 0.0478. The van der Waals surface area contributed by atoms with Gasteiger partial charge in [-0.15, -0.1) is 0 Å². The molecule has 0 radical (unpaired) electrons. The summed E-state index contributed by atoms with van der Waals surface area (Å²) in [5.41, 5.74) is -1.51. The van der Waals surface area contributed by atoms with Gasteiger partial charge in [0, 0.05) is 27.6 Å². The number of aromatic amines is 4. The Hall–Kier alpha value is -4.86. The van der Waals surface area contributed by atoms with Crippen molar-refractivity contribution in [2.75, 3.05) is 0 Å². The van der Waals surface area contributed by atoms with Crippen molar-refractivity contribution in [3.05, 3.63) is 77.6 Å². The van der Waals surface area contributed by atoms with Crippen LogP contribution in [0.15, 0.2) is 55.6 Å². The lowest BCUT2D eigenvalue weighted by Crippen LogP contribution is -2.50. The summed E-state index contributed by atoms with van der Waals surface area (Å²) >= 11 is 0. The predicted octanol–water partition coefficient (Wildman–Crippen LogP) is 0.0268. The van der Waals surface area contributed by atoms with Gasteiger partial charge in [0.1, 0.15) is 16.8 Å². The summed E-state index contributed by atoms with van der Waals surface area (Å²) < 4.78 is 0. The van der Waals surface area contributed by atoms with Gasteiger partial charge in [0.05, 0.1) is 5.39 Å². The number of phenolic OH excluding ortho intramolecular Hbond substituents is 2. The molecule has 6 aromatic rings. The van der Waals surface area contributed by atoms with Gasteiger partial charge in [0.25, 0.3) is 5.52 Å². The standard InChI is InChI=1S/C22H10N4O6/c27-12-4-1-7-5-13(28)15-10(14(7)19(12)29)6-9-8-2-3-11-18(24-22(32)21(31)23-11)16(8)25-26-17(9)20(15)30/h1-6,25-26,28-29H/p+2. The van der Waals surface area contributed by atoms with Crippen molar-refractivity contribution < 1.29 is 20.2 Å². The lowest BCUT2D eigenvalue weighted by atomic mass is 9.96. The molecule has 0 atom stereocenters. The van der Waals surface area contributed by atoms with Gasteiger partial charge >= 0.3 is 16.6 Å². The third kappa shape index (κ3) is 2.17. The predicted molar refractivity (Wildman–Crippen MR) is 115 cm³/mol. The van der Waals surface area contributed by atoms with Crippen molar-refractivity contribution in [2.45, 2.75) is 0 Å². The lowest BCUT2D eigenvalue weighted by Gasteiger charge is -2.10. The Balaban J connectivity index is 1.92. The van der Waals surface area contributed by atoms with Gasteiger partial charge in [0.15, 0.2) is 5.75 Å². The highest BCUT2D eigenvalue weighted by Gasteiger charge is 2.22. The quantitative estimate of drug-likeness (QED) is 0.151. The number of rotatable bonds is 0. The fraction of sp³-hybridized carbons (Fsp3) is 0. The number of benzene rings is 4. The van der Waals surface area contributed by atoms with E-state index >= 15 is 0 Å². The average Bonchev–Trinajstić information content (AvgIpc) is 2.76. The molecule has 154 valence electrons. The van der Waals surface area contributed by atoms with E-state index in [2.05, 4.69) is 20.2 Å². The van der Waals surface area contributed by atoms with E-state index in [1.165, 1.54) is 18.2 Å². The summed E-state index contributed by atoms with van der Waals surface area (Å²) in [6.07, 6.45) is 0. The van der Waals surface area contributed by atoms with Gasteiger partial charge in [-0.25, -0.2) is 9.59 Å². The molecular formula is C22H12N4O6+2. The maximum absolute atomic E-state index is 13.3. The van der Waals surface area contributed by atoms with E-state index < -0.39 is 27.7 Å². The smallest absolute Gasteiger partial charge is 0.507 e. The van der Waals surface area contributed by atoms with E-state index in [-0.39, 0.29) is 27.4 Å². The van der Waals surface area contributed by atoms with Crippen LogP contribution in [0.2, 0.25) is 0 Å². The van der Waals surface area contributed by atoms with Gasteiger partial charge < -0.3 is 10.2 Å². The van der Waals surface area contributed by atoms with Crippen LogP contribution >= 0.6 is 0 Å². The van der Waals surface area contributed by atoms with E-state index in [4.69, 9.17) is 0 Å². The fourth-order valence-corrected chi connectivity index (χ4v) is 4.32. The fourth-order valence-electron chi connectivity index (χ4n) is 4.32. The van der Waals surface area contributed by atoms with Crippen LogP contribution < -0.4 is 31.9 Å². The first-order valence-corrected chi connectivity index (χ1v) is 9.49. The first-order valence-electron chi connectivity index (χ1n) is 9.49. The zero-order valence-corrected chi connectivity index (χ0v) is 16.0. The number of aromatic nitrogens is 4. The molecule has 10 nitrogen and oxygen atoms in total. The molecule has 4 aromatic carbocycles. The molecule has 0 unspecified atom stereocenters. The van der Waals surface area contributed by atoms with Gasteiger partial charge in [-0.1, -0.05) is 6.07 Å². The number of hydrogen-bond acceptors (Lipinski definition) is 6. The summed E-state index contributed by atoms with van der Waals surface area (Å²) in [5.74, 6) is -0.805. The monoisotopic (exact) mass is 428 g/mol. The molecule has 10 heteroatoms. The second kappa shape index (κ2) is 5.85. The molecule has 0 aliphatic rings. The van der Waals surface area contributed by atoms with Gasteiger partial charge in [-0.2, -0.15) is 9.97 Å². The molecule has 0 saturated carbocycles. The molecule has 2 heterocycles. The third-order valence-corrected chi connectivity index (χ3v) is 5.77. The molecule has 0 fully saturated rings. The summed E-state index contributed by atoms with van der Waals surface area (Å²) in [7, 11) is 0. The SMILES string of the molecule is O=c1ccc2cc(O)c3c(=O)c4[nH][nH]c5c(ccc6[nH+]c(=O)c(=O)[nH+]c65)c4cc3c2c1O. The minimum Gasteiger partial charge on any atom is -0.507 e. The van der Waals surface area contributed by atoms with Gasteiger partial charge in [-0.3, -0.25) is 19.8 Å². The Morgan fingerprint density at radius 2 is 1.47 bits per heavy atom. The third-order valence-electron chi connectivity index (χ3n) is 5.77. The molecule has 6 N–H and O–H groups in total. The number of aromatic hydroxyl groups is 2. The highest BCUT2D eigenvalue weighted by atomic mass is 16.3. The number of nitrogens with one attached hydrogen (secondary N) is 4. The van der Waals surface area contributed by atoms with E-state index in [1.807, 2.05) is 0 Å². The van der Waals surface area contributed by atoms with Crippen molar-refractivity contribution in [1.29, 1.82) is 0 Å². The average molecular weight is 428 g/mol. The van der Waals surface area contributed by atoms with Crippen molar-refractivity contribution in [3.63, 3.8) is 0 Å². The number of hydrogen-bond donors (Lipinski definition) is 4.